The first-order valence-electron chi connectivity index (χ1n) is 9.82. The Morgan fingerprint density at radius 2 is 1.94 bits per heavy atom. The smallest absolute Gasteiger partial charge is 0.427 e. The Labute approximate surface area is 187 Å². The summed E-state index contributed by atoms with van der Waals surface area (Å²) in [5.74, 6) is 0.137. The van der Waals surface area contributed by atoms with Gasteiger partial charge in [-0.05, 0) is 18.9 Å². The Morgan fingerprint density at radius 1 is 1.19 bits per heavy atom. The van der Waals surface area contributed by atoms with Crippen LogP contribution in [-0.4, -0.2) is 63.1 Å². The third-order valence-electron chi connectivity index (χ3n) is 5.32. The van der Waals surface area contributed by atoms with E-state index in [4.69, 9.17) is 9.47 Å². The maximum Gasteiger partial charge on any atom is 0.427 e. The van der Waals surface area contributed by atoms with E-state index in [1.165, 1.54) is 37.3 Å². The molecule has 2 aliphatic heterocycles. The molecule has 31 heavy (non-hydrogen) atoms. The van der Waals surface area contributed by atoms with E-state index >= 15 is 0 Å². The molecule has 1 aromatic rings. The zero-order valence-corrected chi connectivity index (χ0v) is 19.2. The second kappa shape index (κ2) is 9.66. The molecular formula is C20H26BrF3N4O3. The Morgan fingerprint density at radius 3 is 2.55 bits per heavy atom. The summed E-state index contributed by atoms with van der Waals surface area (Å²) in [5, 5.41) is 2.34. The molecule has 1 aromatic carbocycles. The van der Waals surface area contributed by atoms with Crippen molar-refractivity contribution in [3.05, 3.63) is 29.8 Å². The largest absolute Gasteiger partial charge is 0.494 e. The van der Waals surface area contributed by atoms with Crippen molar-refractivity contribution in [3.63, 3.8) is 0 Å². The number of rotatable bonds is 8. The van der Waals surface area contributed by atoms with Gasteiger partial charge in [-0.25, -0.2) is 5.43 Å². The van der Waals surface area contributed by atoms with E-state index in [0.29, 0.717) is 29.2 Å². The fourth-order valence-corrected chi connectivity index (χ4v) is 4.42. The molecule has 2 atom stereocenters. The summed E-state index contributed by atoms with van der Waals surface area (Å²) in [6.45, 7) is 0.243. The van der Waals surface area contributed by atoms with Gasteiger partial charge in [-0.3, -0.25) is 9.80 Å². The average Bonchev–Trinajstić information content (AvgIpc) is 3.02. The number of alkyl halides is 4. The van der Waals surface area contributed by atoms with Gasteiger partial charge in [0.25, 0.3) is 5.91 Å². The zero-order valence-electron chi connectivity index (χ0n) is 17.6. The minimum absolute atomic E-state index is 0.182. The molecule has 2 aliphatic rings. The quantitative estimate of drug-likeness (QED) is 0.429. The monoisotopic (exact) mass is 506 g/mol. The van der Waals surface area contributed by atoms with Crippen molar-refractivity contribution < 1.29 is 27.4 Å². The molecule has 1 amide bonds. The maximum absolute atomic E-state index is 14.0. The van der Waals surface area contributed by atoms with E-state index in [1.807, 2.05) is 0 Å². The van der Waals surface area contributed by atoms with E-state index < -0.39 is 18.4 Å². The normalized spacial score (nSPS) is 21.1. The van der Waals surface area contributed by atoms with Gasteiger partial charge >= 0.3 is 6.18 Å². The minimum atomic E-state index is -4.53. The molecular weight excluding hydrogens is 481 g/mol. The van der Waals surface area contributed by atoms with Gasteiger partial charge in [0.1, 0.15) is 18.2 Å². The maximum atomic E-state index is 14.0. The first kappa shape index (κ1) is 23.7. The number of benzene rings is 1. The molecule has 0 aliphatic carbocycles. The van der Waals surface area contributed by atoms with Crippen LogP contribution in [0.2, 0.25) is 0 Å². The molecule has 0 saturated carbocycles. The van der Waals surface area contributed by atoms with Crippen molar-refractivity contribution >= 4 is 33.2 Å². The van der Waals surface area contributed by atoms with Gasteiger partial charge in [-0.1, -0.05) is 28.1 Å². The number of halogens is 4. The predicted octanol–water partition coefficient (Wildman–Crippen LogP) is 3.56. The van der Waals surface area contributed by atoms with Crippen molar-refractivity contribution in [3.8, 4) is 5.75 Å². The van der Waals surface area contributed by atoms with Crippen molar-refractivity contribution in [2.45, 2.75) is 31.2 Å². The molecule has 0 spiro atoms. The lowest BCUT2D eigenvalue weighted by Crippen LogP contribution is -2.52. The SMILES string of the molecule is COCN1c2c(OC)ccc(C3C=CC(=O)N(CCCCBr)N3)c2N(C)C1C(F)(F)F. The summed E-state index contributed by atoms with van der Waals surface area (Å²) in [7, 11) is 4.18. The number of methoxy groups -OCH3 is 2. The first-order valence-corrected chi connectivity index (χ1v) is 10.9. The molecule has 0 aromatic heterocycles. The van der Waals surface area contributed by atoms with Crippen molar-refractivity contribution in [2.24, 2.45) is 0 Å². The number of fused-ring (bicyclic) bond motifs is 1. The molecule has 0 bridgehead atoms. The van der Waals surface area contributed by atoms with Crippen LogP contribution in [0.15, 0.2) is 24.3 Å². The third-order valence-corrected chi connectivity index (χ3v) is 5.88. The summed E-state index contributed by atoms with van der Waals surface area (Å²) >= 11 is 3.37. The fraction of sp³-hybridized carbons (Fsp3) is 0.550. The van der Waals surface area contributed by atoms with E-state index in [9.17, 15) is 18.0 Å². The minimum Gasteiger partial charge on any atom is -0.494 e. The van der Waals surface area contributed by atoms with Crippen LogP contribution in [0.25, 0.3) is 0 Å². The van der Waals surface area contributed by atoms with Gasteiger partial charge < -0.3 is 19.3 Å². The molecule has 11 heteroatoms. The number of hydrogen-bond donors (Lipinski definition) is 1. The molecule has 0 saturated heterocycles. The number of carbonyl (C=O) groups is 1. The van der Waals surface area contributed by atoms with Gasteiger partial charge in [0.2, 0.25) is 6.17 Å². The van der Waals surface area contributed by atoms with Crippen LogP contribution >= 0.6 is 15.9 Å². The Balaban J connectivity index is 2.03. The molecule has 1 N–H and O–H groups in total. The Kier molecular flexibility index (Phi) is 7.38. The standard InChI is InChI=1S/C20H26BrF3N4O3/c1-26-17-13(14-7-9-16(29)28(25-14)11-5-4-10-21)6-8-15(31-3)18(17)27(12-30-2)19(26)20(22,23)24/h6-9,14,19,25H,4-5,10-12H2,1-3H3. The highest BCUT2D eigenvalue weighted by Gasteiger charge is 2.53. The molecule has 0 radical (unpaired) electrons. The number of carbonyl (C=O) groups excluding carboxylic acids is 1. The lowest BCUT2D eigenvalue weighted by atomic mass is 10.0. The molecule has 3 rings (SSSR count). The van der Waals surface area contributed by atoms with Gasteiger partial charge in [0, 0.05) is 37.7 Å². The number of ether oxygens (including phenoxy) is 2. The Hall–Kier alpha value is -1.98. The lowest BCUT2D eigenvalue weighted by Gasteiger charge is -2.33. The number of nitrogens with one attached hydrogen (secondary N) is 1. The van der Waals surface area contributed by atoms with Crippen LogP contribution in [0.5, 0.6) is 5.75 Å². The number of hydrazine groups is 1. The molecule has 2 heterocycles. The average molecular weight is 507 g/mol. The van der Waals surface area contributed by atoms with Crippen LogP contribution in [0, 0.1) is 0 Å². The van der Waals surface area contributed by atoms with Crippen LogP contribution in [-0.2, 0) is 9.53 Å². The number of amides is 1. The predicted molar refractivity (Wildman–Crippen MR) is 115 cm³/mol. The third kappa shape index (κ3) is 4.63. The summed E-state index contributed by atoms with van der Waals surface area (Å²) < 4.78 is 52.4. The zero-order chi connectivity index (χ0) is 22.8. The van der Waals surface area contributed by atoms with Crippen LogP contribution in [0.4, 0.5) is 24.5 Å². The highest BCUT2D eigenvalue weighted by molar-refractivity contribution is 9.09. The molecule has 172 valence electrons. The molecule has 2 unspecified atom stereocenters. The van der Waals surface area contributed by atoms with Crippen molar-refractivity contribution in [1.29, 1.82) is 0 Å². The lowest BCUT2D eigenvalue weighted by molar-refractivity contribution is -0.148. The van der Waals surface area contributed by atoms with Gasteiger partial charge in [0.15, 0.2) is 0 Å². The summed E-state index contributed by atoms with van der Waals surface area (Å²) in [4.78, 5) is 14.6. The summed E-state index contributed by atoms with van der Waals surface area (Å²) in [5.41, 5.74) is 4.46. The van der Waals surface area contributed by atoms with E-state index in [1.54, 1.807) is 18.2 Å². The summed E-state index contributed by atoms with van der Waals surface area (Å²) in [6.07, 6.45) is -1.61. The van der Waals surface area contributed by atoms with E-state index in [-0.39, 0.29) is 12.6 Å². The molecule has 0 fully saturated rings. The second-order valence-electron chi connectivity index (χ2n) is 7.32. The fourth-order valence-electron chi connectivity index (χ4n) is 4.02. The van der Waals surface area contributed by atoms with Gasteiger partial charge in [-0.2, -0.15) is 13.2 Å². The Bertz CT molecular complexity index is 837. The van der Waals surface area contributed by atoms with Gasteiger partial charge in [0.05, 0.1) is 18.8 Å². The number of unbranched alkanes of at least 4 members (excludes halogenated alkanes) is 1. The number of anilines is 2. The van der Waals surface area contributed by atoms with Crippen LogP contribution in [0.1, 0.15) is 24.4 Å². The van der Waals surface area contributed by atoms with Crippen molar-refractivity contribution in [1.82, 2.24) is 10.4 Å². The van der Waals surface area contributed by atoms with Crippen LogP contribution < -0.4 is 20.0 Å². The number of nitrogens with zero attached hydrogens (tertiary/aromatic N) is 3. The topological polar surface area (TPSA) is 57.3 Å². The van der Waals surface area contributed by atoms with E-state index in [0.717, 1.165) is 23.1 Å². The van der Waals surface area contributed by atoms with Gasteiger partial charge in [-0.15, -0.1) is 0 Å². The van der Waals surface area contributed by atoms with E-state index in [2.05, 4.69) is 21.4 Å². The summed E-state index contributed by atoms with van der Waals surface area (Å²) in [6, 6.07) is 2.90. The van der Waals surface area contributed by atoms with Crippen LogP contribution in [0.3, 0.4) is 0 Å². The van der Waals surface area contributed by atoms with Crippen molar-refractivity contribution in [2.75, 3.05) is 49.7 Å². The first-order chi connectivity index (χ1) is 14.7. The number of hydrogen-bond acceptors (Lipinski definition) is 6. The highest BCUT2D eigenvalue weighted by Crippen LogP contribution is 2.52. The highest BCUT2D eigenvalue weighted by atomic mass is 79.9. The molecule has 7 nitrogen and oxygen atoms in total. The second-order valence-corrected chi connectivity index (χ2v) is 8.11.